The lowest BCUT2D eigenvalue weighted by Crippen LogP contribution is -2.47. The molecular formula is C14H22N2O2S. The second-order valence-electron chi connectivity index (χ2n) is 5.06. The Morgan fingerprint density at radius 3 is 2.74 bits per heavy atom. The number of thiophene rings is 1. The number of morpholine rings is 1. The average molecular weight is 282 g/mol. The monoisotopic (exact) mass is 282 g/mol. The Kier molecular flexibility index (Phi) is 4.96. The van der Waals surface area contributed by atoms with Crippen molar-refractivity contribution < 1.29 is 9.53 Å². The fourth-order valence-electron chi connectivity index (χ4n) is 2.16. The van der Waals surface area contributed by atoms with Crippen LogP contribution in [0.5, 0.6) is 0 Å². The Morgan fingerprint density at radius 2 is 2.16 bits per heavy atom. The minimum Gasteiger partial charge on any atom is -0.379 e. The normalized spacial score (nSPS) is 18.3. The lowest BCUT2D eigenvalue weighted by atomic mass is 10.2. The van der Waals surface area contributed by atoms with E-state index in [9.17, 15) is 4.79 Å². The van der Waals surface area contributed by atoms with Crippen LogP contribution in [0.2, 0.25) is 0 Å². The molecule has 1 amide bonds. The zero-order valence-corrected chi connectivity index (χ0v) is 12.7. The van der Waals surface area contributed by atoms with E-state index in [0.29, 0.717) is 12.6 Å². The summed E-state index contributed by atoms with van der Waals surface area (Å²) in [5.41, 5.74) is 1.19. The van der Waals surface area contributed by atoms with E-state index < -0.39 is 0 Å². The molecule has 1 aromatic heterocycles. The molecule has 1 atom stereocenters. The highest BCUT2D eigenvalue weighted by molar-refractivity contribution is 7.14. The third-order valence-corrected chi connectivity index (χ3v) is 4.77. The summed E-state index contributed by atoms with van der Waals surface area (Å²) >= 11 is 1.56. The predicted octanol–water partition coefficient (Wildman–Crippen LogP) is 1.82. The Hall–Kier alpha value is -0.910. The van der Waals surface area contributed by atoms with Gasteiger partial charge in [-0.3, -0.25) is 9.69 Å². The summed E-state index contributed by atoms with van der Waals surface area (Å²) < 4.78 is 5.33. The van der Waals surface area contributed by atoms with Crippen molar-refractivity contribution in [1.82, 2.24) is 10.2 Å². The molecule has 1 aliphatic heterocycles. The molecule has 0 saturated carbocycles. The van der Waals surface area contributed by atoms with Gasteiger partial charge in [0.05, 0.1) is 18.1 Å². The number of ether oxygens (including phenoxy) is 1. The summed E-state index contributed by atoms with van der Waals surface area (Å²) in [6, 6.07) is 2.32. The fraction of sp³-hybridized carbons (Fsp3) is 0.643. The second-order valence-corrected chi connectivity index (χ2v) is 6.31. The number of nitrogens with zero attached hydrogens (tertiary/aromatic N) is 1. The third kappa shape index (κ3) is 3.78. The van der Waals surface area contributed by atoms with Crippen LogP contribution in [0.4, 0.5) is 0 Å². The van der Waals surface area contributed by atoms with Gasteiger partial charge in [-0.15, -0.1) is 11.3 Å². The van der Waals surface area contributed by atoms with Gasteiger partial charge in [0.1, 0.15) is 0 Å². The third-order valence-electron chi connectivity index (χ3n) is 3.62. The van der Waals surface area contributed by atoms with E-state index in [4.69, 9.17) is 4.74 Å². The van der Waals surface area contributed by atoms with Crippen molar-refractivity contribution in [3.05, 3.63) is 21.4 Å². The highest BCUT2D eigenvalue weighted by Crippen LogP contribution is 2.20. The Labute approximate surface area is 118 Å². The minimum absolute atomic E-state index is 0.0429. The van der Waals surface area contributed by atoms with Crippen LogP contribution in [0.25, 0.3) is 0 Å². The van der Waals surface area contributed by atoms with E-state index in [0.717, 1.165) is 31.2 Å². The quantitative estimate of drug-likeness (QED) is 0.916. The molecule has 0 spiro atoms. The summed E-state index contributed by atoms with van der Waals surface area (Å²) in [6.45, 7) is 10.4. The highest BCUT2D eigenvalue weighted by atomic mass is 32.1. The zero-order valence-electron chi connectivity index (χ0n) is 11.9. The first-order valence-electron chi connectivity index (χ1n) is 6.75. The molecule has 19 heavy (non-hydrogen) atoms. The number of nitrogens with one attached hydrogen (secondary N) is 1. The number of amides is 1. The standard InChI is InChI=1S/C14H22N2O2S/c1-10-8-13(19-12(10)3)14(17)15-9-11(2)16-4-6-18-7-5-16/h8,11H,4-7,9H2,1-3H3,(H,15,17). The van der Waals surface area contributed by atoms with Gasteiger partial charge in [-0.05, 0) is 32.4 Å². The van der Waals surface area contributed by atoms with Gasteiger partial charge in [0.2, 0.25) is 0 Å². The molecule has 0 radical (unpaired) electrons. The number of aryl methyl sites for hydroxylation is 2. The van der Waals surface area contributed by atoms with Crippen LogP contribution in [0.15, 0.2) is 6.07 Å². The van der Waals surface area contributed by atoms with Crippen LogP contribution >= 0.6 is 11.3 Å². The lowest BCUT2D eigenvalue weighted by Gasteiger charge is -2.32. The summed E-state index contributed by atoms with van der Waals surface area (Å²) in [6.07, 6.45) is 0. The zero-order chi connectivity index (χ0) is 13.8. The smallest absolute Gasteiger partial charge is 0.261 e. The molecule has 1 unspecified atom stereocenters. The molecule has 1 saturated heterocycles. The molecule has 2 heterocycles. The van der Waals surface area contributed by atoms with Crippen LogP contribution in [-0.4, -0.2) is 49.7 Å². The van der Waals surface area contributed by atoms with Gasteiger partial charge in [0.25, 0.3) is 5.91 Å². The van der Waals surface area contributed by atoms with Gasteiger partial charge >= 0.3 is 0 Å². The molecule has 4 nitrogen and oxygen atoms in total. The maximum Gasteiger partial charge on any atom is 0.261 e. The summed E-state index contributed by atoms with van der Waals surface area (Å²) in [5.74, 6) is 0.0429. The van der Waals surface area contributed by atoms with Crippen molar-refractivity contribution in [2.45, 2.75) is 26.8 Å². The summed E-state index contributed by atoms with van der Waals surface area (Å²) in [4.78, 5) is 16.4. The van der Waals surface area contributed by atoms with Gasteiger partial charge in [-0.2, -0.15) is 0 Å². The van der Waals surface area contributed by atoms with Crippen molar-refractivity contribution in [1.29, 1.82) is 0 Å². The molecule has 1 aromatic rings. The molecular weight excluding hydrogens is 260 g/mol. The Morgan fingerprint density at radius 1 is 1.47 bits per heavy atom. The number of hydrogen-bond donors (Lipinski definition) is 1. The van der Waals surface area contributed by atoms with Crippen molar-refractivity contribution >= 4 is 17.2 Å². The number of carbonyl (C=O) groups excluding carboxylic acids is 1. The first-order valence-corrected chi connectivity index (χ1v) is 7.56. The van der Waals surface area contributed by atoms with E-state index >= 15 is 0 Å². The van der Waals surface area contributed by atoms with Gasteiger partial charge in [0, 0.05) is 30.6 Å². The summed E-state index contributed by atoms with van der Waals surface area (Å²) in [7, 11) is 0. The highest BCUT2D eigenvalue weighted by Gasteiger charge is 2.18. The largest absolute Gasteiger partial charge is 0.379 e. The van der Waals surface area contributed by atoms with E-state index in [1.165, 1.54) is 10.4 Å². The maximum atomic E-state index is 12.1. The molecule has 0 aliphatic carbocycles. The topological polar surface area (TPSA) is 41.6 Å². The number of hydrogen-bond acceptors (Lipinski definition) is 4. The molecule has 5 heteroatoms. The lowest BCUT2D eigenvalue weighted by molar-refractivity contribution is 0.0204. The van der Waals surface area contributed by atoms with Crippen LogP contribution in [-0.2, 0) is 4.74 Å². The van der Waals surface area contributed by atoms with Crippen LogP contribution in [0.3, 0.4) is 0 Å². The van der Waals surface area contributed by atoms with E-state index in [-0.39, 0.29) is 5.91 Å². The van der Waals surface area contributed by atoms with E-state index in [1.807, 2.05) is 19.9 Å². The molecule has 106 valence electrons. The van der Waals surface area contributed by atoms with Crippen molar-refractivity contribution in [3.63, 3.8) is 0 Å². The molecule has 0 bridgehead atoms. The predicted molar refractivity (Wildman–Crippen MR) is 78.0 cm³/mol. The van der Waals surface area contributed by atoms with Gasteiger partial charge in [-0.1, -0.05) is 0 Å². The van der Waals surface area contributed by atoms with Crippen LogP contribution < -0.4 is 5.32 Å². The Bertz CT molecular complexity index is 419. The molecule has 1 fully saturated rings. The molecule has 1 aliphatic rings. The first kappa shape index (κ1) is 14.5. The first-order chi connectivity index (χ1) is 9.08. The number of carbonyl (C=O) groups is 1. The van der Waals surface area contributed by atoms with Crippen LogP contribution in [0, 0.1) is 13.8 Å². The molecule has 0 aromatic carbocycles. The van der Waals surface area contributed by atoms with Crippen molar-refractivity contribution in [3.8, 4) is 0 Å². The minimum atomic E-state index is 0.0429. The Balaban J connectivity index is 1.82. The fourth-order valence-corrected chi connectivity index (χ4v) is 3.11. The maximum absolute atomic E-state index is 12.1. The van der Waals surface area contributed by atoms with Gasteiger partial charge in [-0.25, -0.2) is 0 Å². The molecule has 1 N–H and O–H groups in total. The summed E-state index contributed by atoms with van der Waals surface area (Å²) in [5, 5.41) is 3.03. The van der Waals surface area contributed by atoms with Crippen LogP contribution in [0.1, 0.15) is 27.0 Å². The number of rotatable bonds is 4. The van der Waals surface area contributed by atoms with E-state index in [2.05, 4.69) is 17.1 Å². The van der Waals surface area contributed by atoms with Crippen molar-refractivity contribution in [2.24, 2.45) is 0 Å². The SMILES string of the molecule is Cc1cc(C(=O)NCC(C)N2CCOCC2)sc1C. The van der Waals surface area contributed by atoms with Gasteiger partial charge in [0.15, 0.2) is 0 Å². The van der Waals surface area contributed by atoms with Gasteiger partial charge < -0.3 is 10.1 Å². The molecule has 2 rings (SSSR count). The van der Waals surface area contributed by atoms with Crippen molar-refractivity contribution in [2.75, 3.05) is 32.8 Å². The second kappa shape index (κ2) is 6.50. The average Bonchev–Trinajstić information content (AvgIpc) is 2.77. The van der Waals surface area contributed by atoms with E-state index in [1.54, 1.807) is 11.3 Å².